The van der Waals surface area contributed by atoms with E-state index in [1.54, 1.807) is 36.4 Å². The van der Waals surface area contributed by atoms with Gasteiger partial charge in [-0.15, -0.1) is 0 Å². The Bertz CT molecular complexity index is 525. The number of hydrogen-bond donors (Lipinski definition) is 1. The summed E-state index contributed by atoms with van der Waals surface area (Å²) >= 11 is 17.8. The van der Waals surface area contributed by atoms with Crippen LogP contribution in [0.1, 0.15) is 1.43 Å². The molecule has 0 aliphatic carbocycles. The standard InChI is InChI=1S/C12H8Cl3NO.ClH/c13-7-5-10(14)12(11(15)6-7)17-9-3-1-8(16)2-4-9;/h1-6H,16H2;1H. The second-order valence-corrected chi connectivity index (χ2v) is 4.62. The van der Waals surface area contributed by atoms with E-state index in [9.17, 15) is 0 Å². The third-order valence-electron chi connectivity index (χ3n) is 2.06. The lowest BCUT2D eigenvalue weighted by Crippen LogP contribution is -3.00. The van der Waals surface area contributed by atoms with E-state index in [4.69, 9.17) is 45.3 Å². The average molecular weight is 325 g/mol. The minimum Gasteiger partial charge on any atom is -1.00 e. The van der Waals surface area contributed by atoms with Crippen LogP contribution in [0, 0.1) is 0 Å². The molecule has 0 aliphatic heterocycles. The van der Waals surface area contributed by atoms with E-state index in [1.165, 1.54) is 0 Å². The Labute approximate surface area is 127 Å². The van der Waals surface area contributed by atoms with Crippen LogP contribution in [-0.4, -0.2) is 0 Å². The summed E-state index contributed by atoms with van der Waals surface area (Å²) in [7, 11) is 0. The molecule has 18 heavy (non-hydrogen) atoms. The van der Waals surface area contributed by atoms with Crippen molar-refractivity contribution in [2.45, 2.75) is 0 Å². The summed E-state index contributed by atoms with van der Waals surface area (Å²) in [6.07, 6.45) is 0. The Hall–Kier alpha value is -0.800. The molecule has 0 saturated carbocycles. The van der Waals surface area contributed by atoms with Crippen molar-refractivity contribution < 1.29 is 18.6 Å². The number of nitrogen functional groups attached to an aromatic ring is 1. The zero-order valence-electron chi connectivity index (χ0n) is 9.96. The minimum atomic E-state index is 0. The van der Waals surface area contributed by atoms with Gasteiger partial charge in [-0.2, -0.15) is 0 Å². The molecule has 6 heteroatoms. The molecule has 96 valence electrons. The number of nitrogens with two attached hydrogens (primary N) is 1. The Morgan fingerprint density at radius 1 is 0.944 bits per heavy atom. The fourth-order valence-corrected chi connectivity index (χ4v) is 2.17. The maximum atomic E-state index is 6.00. The Morgan fingerprint density at radius 2 is 1.44 bits per heavy atom. The van der Waals surface area contributed by atoms with Crippen LogP contribution in [0.5, 0.6) is 11.5 Å². The van der Waals surface area contributed by atoms with Gasteiger partial charge in [0.1, 0.15) is 5.75 Å². The van der Waals surface area contributed by atoms with Crippen LogP contribution < -0.4 is 22.9 Å². The molecule has 0 unspecified atom stereocenters. The molecule has 2 nitrogen and oxygen atoms in total. The Balaban J connectivity index is 0.00000162. The topological polar surface area (TPSA) is 35.2 Å². The van der Waals surface area contributed by atoms with Crippen molar-refractivity contribution in [3.8, 4) is 11.5 Å². The van der Waals surface area contributed by atoms with Gasteiger partial charge < -0.3 is 22.9 Å². The van der Waals surface area contributed by atoms with Gasteiger partial charge in [-0.1, -0.05) is 34.8 Å². The van der Waals surface area contributed by atoms with E-state index in [0.29, 0.717) is 32.3 Å². The SMILES string of the molecule is Nc1ccc(Oc2c(Cl)cc(Cl)cc2Cl)cc1.[Cl-].[H+]. The lowest BCUT2D eigenvalue weighted by Gasteiger charge is -2.10. The maximum absolute atomic E-state index is 6.00. The number of hydrogen-bond acceptors (Lipinski definition) is 2. The number of benzene rings is 2. The number of halogens is 4. The molecular formula is C12H9Cl4NO. The van der Waals surface area contributed by atoms with Gasteiger partial charge in [0.2, 0.25) is 0 Å². The molecular weight excluding hydrogens is 316 g/mol. The third-order valence-corrected chi connectivity index (χ3v) is 2.84. The smallest absolute Gasteiger partial charge is 1.00 e. The van der Waals surface area contributed by atoms with Crippen LogP contribution in [0.15, 0.2) is 36.4 Å². The van der Waals surface area contributed by atoms with Gasteiger partial charge in [-0.25, -0.2) is 0 Å². The first kappa shape index (κ1) is 15.3. The summed E-state index contributed by atoms with van der Waals surface area (Å²) in [5.41, 5.74) is 6.23. The van der Waals surface area contributed by atoms with E-state index in [1.807, 2.05) is 0 Å². The first-order chi connectivity index (χ1) is 8.06. The quantitative estimate of drug-likeness (QED) is 0.859. The largest absolute Gasteiger partial charge is 1.00 e. The van der Waals surface area contributed by atoms with Crippen LogP contribution in [0.2, 0.25) is 15.1 Å². The molecule has 2 N–H and O–H groups in total. The highest BCUT2D eigenvalue weighted by atomic mass is 35.5. The van der Waals surface area contributed by atoms with Crippen LogP contribution in [0.25, 0.3) is 0 Å². The summed E-state index contributed by atoms with van der Waals surface area (Å²) in [6, 6.07) is 10.1. The van der Waals surface area contributed by atoms with E-state index >= 15 is 0 Å². The first-order valence-corrected chi connectivity index (χ1v) is 5.87. The van der Waals surface area contributed by atoms with E-state index in [2.05, 4.69) is 0 Å². The minimum absolute atomic E-state index is 0. The third kappa shape index (κ3) is 3.59. The highest BCUT2D eigenvalue weighted by molar-refractivity contribution is 6.40. The Morgan fingerprint density at radius 3 is 1.94 bits per heavy atom. The second-order valence-electron chi connectivity index (χ2n) is 3.37. The molecule has 0 aromatic heterocycles. The van der Waals surface area contributed by atoms with Gasteiger partial charge in [0.15, 0.2) is 5.75 Å². The highest BCUT2D eigenvalue weighted by Crippen LogP contribution is 2.38. The summed E-state index contributed by atoms with van der Waals surface area (Å²) < 4.78 is 5.57. The molecule has 2 rings (SSSR count). The zero-order valence-corrected chi connectivity index (χ0v) is 12.0. The average Bonchev–Trinajstić information content (AvgIpc) is 2.26. The molecule has 0 spiro atoms. The van der Waals surface area contributed by atoms with E-state index < -0.39 is 0 Å². The van der Waals surface area contributed by atoms with Crippen molar-refractivity contribution >= 4 is 40.5 Å². The maximum Gasteiger partial charge on any atom is 1.00 e. The predicted octanol–water partition coefficient (Wildman–Crippen LogP) is 2.14. The summed E-state index contributed by atoms with van der Waals surface area (Å²) in [4.78, 5) is 0. The van der Waals surface area contributed by atoms with Gasteiger partial charge in [0.05, 0.1) is 10.0 Å². The van der Waals surface area contributed by atoms with E-state index in [0.717, 1.165) is 0 Å². The van der Waals surface area contributed by atoms with Crippen molar-refractivity contribution in [2.75, 3.05) is 5.73 Å². The molecule has 2 aromatic carbocycles. The van der Waals surface area contributed by atoms with Crippen molar-refractivity contribution in [3.63, 3.8) is 0 Å². The van der Waals surface area contributed by atoms with Gasteiger partial charge in [-0.3, -0.25) is 0 Å². The van der Waals surface area contributed by atoms with Crippen molar-refractivity contribution in [1.29, 1.82) is 0 Å². The molecule has 0 aliphatic rings. The van der Waals surface area contributed by atoms with Crippen molar-refractivity contribution in [2.24, 2.45) is 0 Å². The molecule has 2 aromatic rings. The first-order valence-electron chi connectivity index (χ1n) is 4.74. The number of rotatable bonds is 2. The lowest BCUT2D eigenvalue weighted by atomic mass is 10.3. The molecule has 0 atom stereocenters. The van der Waals surface area contributed by atoms with Crippen LogP contribution >= 0.6 is 34.8 Å². The monoisotopic (exact) mass is 323 g/mol. The summed E-state index contributed by atoms with van der Waals surface area (Å²) in [5.74, 6) is 0.979. The molecule has 0 saturated heterocycles. The second kappa shape index (κ2) is 6.39. The lowest BCUT2D eigenvalue weighted by molar-refractivity contribution is -0.00000360. The molecule has 0 radical (unpaired) electrons. The summed E-state index contributed by atoms with van der Waals surface area (Å²) in [6.45, 7) is 0. The summed E-state index contributed by atoms with van der Waals surface area (Å²) in [5, 5.41) is 1.18. The fraction of sp³-hybridized carbons (Fsp3) is 0. The number of ether oxygens (including phenoxy) is 1. The van der Waals surface area contributed by atoms with Crippen molar-refractivity contribution in [1.82, 2.24) is 0 Å². The van der Waals surface area contributed by atoms with Gasteiger partial charge >= 0.3 is 1.43 Å². The highest BCUT2D eigenvalue weighted by Gasteiger charge is 2.10. The number of anilines is 1. The Kier molecular flexibility index (Phi) is 5.42. The molecule has 0 heterocycles. The predicted molar refractivity (Wildman–Crippen MR) is 73.5 cm³/mol. The van der Waals surface area contributed by atoms with Gasteiger partial charge in [0.25, 0.3) is 0 Å². The van der Waals surface area contributed by atoms with Gasteiger partial charge in [-0.05, 0) is 36.4 Å². The van der Waals surface area contributed by atoms with Crippen LogP contribution in [-0.2, 0) is 0 Å². The fourth-order valence-electron chi connectivity index (χ4n) is 1.28. The van der Waals surface area contributed by atoms with Crippen LogP contribution in [0.3, 0.4) is 0 Å². The van der Waals surface area contributed by atoms with Crippen molar-refractivity contribution in [3.05, 3.63) is 51.5 Å². The van der Waals surface area contributed by atoms with E-state index in [-0.39, 0.29) is 13.8 Å². The van der Waals surface area contributed by atoms with Gasteiger partial charge in [0, 0.05) is 10.7 Å². The molecule has 0 fully saturated rings. The van der Waals surface area contributed by atoms with Crippen LogP contribution in [0.4, 0.5) is 5.69 Å². The zero-order chi connectivity index (χ0) is 12.4. The molecule has 0 bridgehead atoms. The normalized spacial score (nSPS) is 9.72. The molecule has 0 amide bonds.